The molecule has 1 aliphatic rings. The van der Waals surface area contributed by atoms with Crippen molar-refractivity contribution < 1.29 is 19.2 Å². The molecule has 0 bridgehead atoms. The van der Waals surface area contributed by atoms with Gasteiger partial charge in [0, 0.05) is 23.9 Å². The Morgan fingerprint density at radius 2 is 1.96 bits per heavy atom. The zero-order valence-corrected chi connectivity index (χ0v) is 17.2. The first kappa shape index (κ1) is 21.5. The van der Waals surface area contributed by atoms with Gasteiger partial charge in [0.2, 0.25) is 6.04 Å². The van der Waals surface area contributed by atoms with Gasteiger partial charge in [-0.15, -0.1) is 0 Å². The van der Waals surface area contributed by atoms with Crippen LogP contribution in [0, 0.1) is 22.0 Å². The van der Waals surface area contributed by atoms with Crippen LogP contribution < -0.4 is 0 Å². The fourth-order valence-corrected chi connectivity index (χ4v) is 3.87. The summed E-state index contributed by atoms with van der Waals surface area (Å²) in [5.41, 5.74) is 0. The summed E-state index contributed by atoms with van der Waals surface area (Å²) in [6.07, 6.45) is -0.225. The largest absolute Gasteiger partial charge is 0.414 e. The number of ether oxygens (including phenoxy) is 1. The summed E-state index contributed by atoms with van der Waals surface area (Å²) in [4.78, 5) is 11.0. The van der Waals surface area contributed by atoms with Gasteiger partial charge in [-0.25, -0.2) is 0 Å². The molecule has 24 heavy (non-hydrogen) atoms. The van der Waals surface area contributed by atoms with E-state index in [-0.39, 0.29) is 27.9 Å². The summed E-state index contributed by atoms with van der Waals surface area (Å²) in [5, 5.41) is 22.1. The quantitative estimate of drug-likeness (QED) is 0.407. The molecule has 0 spiro atoms. The third kappa shape index (κ3) is 5.51. The van der Waals surface area contributed by atoms with Gasteiger partial charge < -0.3 is 14.3 Å². The maximum absolute atomic E-state index is 11.4. The maximum atomic E-state index is 11.4. The summed E-state index contributed by atoms with van der Waals surface area (Å²) in [7, 11) is -1.91. The van der Waals surface area contributed by atoms with Crippen molar-refractivity contribution in [3.63, 3.8) is 0 Å². The topological polar surface area (TPSA) is 81.8 Å². The number of nitrogens with zero attached hydrogens (tertiary/aromatic N) is 1. The summed E-state index contributed by atoms with van der Waals surface area (Å²) in [6.45, 7) is 15.7. The minimum absolute atomic E-state index is 0.0979. The molecule has 1 heterocycles. The van der Waals surface area contributed by atoms with E-state index in [1.807, 2.05) is 13.8 Å². The second-order valence-corrected chi connectivity index (χ2v) is 13.7. The molecule has 4 atom stereocenters. The van der Waals surface area contributed by atoms with Crippen LogP contribution in [0.3, 0.4) is 0 Å². The molecule has 1 aliphatic heterocycles. The minimum Gasteiger partial charge on any atom is -0.414 e. The molecule has 0 aromatic heterocycles. The lowest BCUT2D eigenvalue weighted by atomic mass is 9.87. The van der Waals surface area contributed by atoms with Crippen molar-refractivity contribution in [2.45, 2.75) is 83.8 Å². The first-order valence-electron chi connectivity index (χ1n) is 8.94. The zero-order chi connectivity index (χ0) is 18.7. The van der Waals surface area contributed by atoms with E-state index in [9.17, 15) is 15.2 Å². The second kappa shape index (κ2) is 8.25. The minimum atomic E-state index is -1.91. The highest BCUT2D eigenvalue weighted by Crippen LogP contribution is 2.37. The summed E-state index contributed by atoms with van der Waals surface area (Å²) < 4.78 is 12.0. The molecule has 0 aromatic rings. The second-order valence-electron chi connectivity index (χ2n) is 8.91. The van der Waals surface area contributed by atoms with Crippen LogP contribution in [0.4, 0.5) is 0 Å². The molecule has 0 aliphatic carbocycles. The molecule has 0 saturated carbocycles. The molecular formula is C17H35NO5Si. The molecule has 0 unspecified atom stereocenters. The van der Waals surface area contributed by atoms with Gasteiger partial charge >= 0.3 is 0 Å². The van der Waals surface area contributed by atoms with Gasteiger partial charge in [-0.1, -0.05) is 34.6 Å². The van der Waals surface area contributed by atoms with Crippen molar-refractivity contribution in [1.29, 1.82) is 0 Å². The smallest absolute Gasteiger partial charge is 0.239 e. The summed E-state index contributed by atoms with van der Waals surface area (Å²) in [6, 6.07) is -0.938. The van der Waals surface area contributed by atoms with Crippen molar-refractivity contribution in [1.82, 2.24) is 0 Å². The van der Waals surface area contributed by atoms with Crippen molar-refractivity contribution in [2.75, 3.05) is 13.2 Å². The van der Waals surface area contributed by atoms with E-state index >= 15 is 0 Å². The van der Waals surface area contributed by atoms with E-state index in [0.29, 0.717) is 26.1 Å². The van der Waals surface area contributed by atoms with Crippen LogP contribution in [0.15, 0.2) is 0 Å². The highest BCUT2D eigenvalue weighted by atomic mass is 28.4. The zero-order valence-electron chi connectivity index (χ0n) is 16.2. The van der Waals surface area contributed by atoms with Crippen molar-refractivity contribution >= 4 is 8.32 Å². The highest BCUT2D eigenvalue weighted by molar-refractivity contribution is 6.74. The van der Waals surface area contributed by atoms with E-state index in [4.69, 9.17) is 9.16 Å². The van der Waals surface area contributed by atoms with Gasteiger partial charge in [0.05, 0.1) is 12.7 Å². The van der Waals surface area contributed by atoms with E-state index < -0.39 is 20.5 Å². The first-order chi connectivity index (χ1) is 10.9. The molecule has 142 valence electrons. The number of nitro groups is 1. The van der Waals surface area contributed by atoms with E-state index in [1.54, 1.807) is 0 Å². The van der Waals surface area contributed by atoms with Crippen molar-refractivity contribution in [3.8, 4) is 0 Å². The number of aliphatic hydroxyl groups excluding tert-OH is 1. The lowest BCUT2D eigenvalue weighted by Crippen LogP contribution is -2.47. The van der Waals surface area contributed by atoms with E-state index in [2.05, 4.69) is 33.9 Å². The molecule has 1 saturated heterocycles. The average molecular weight is 362 g/mol. The predicted molar refractivity (Wildman–Crippen MR) is 97.2 cm³/mol. The molecule has 1 fully saturated rings. The number of rotatable bonds is 8. The van der Waals surface area contributed by atoms with Crippen molar-refractivity contribution in [3.05, 3.63) is 10.1 Å². The van der Waals surface area contributed by atoms with Crippen LogP contribution in [0.1, 0.15) is 47.5 Å². The van der Waals surface area contributed by atoms with E-state index in [1.165, 1.54) is 0 Å². The van der Waals surface area contributed by atoms with Crippen LogP contribution in [0.5, 0.6) is 0 Å². The Balaban J connectivity index is 2.75. The number of hydrogen-bond donors (Lipinski definition) is 1. The van der Waals surface area contributed by atoms with Crippen LogP contribution in [-0.2, 0) is 9.16 Å². The molecule has 7 heteroatoms. The molecule has 0 amide bonds. The van der Waals surface area contributed by atoms with Gasteiger partial charge in [0.25, 0.3) is 0 Å². The van der Waals surface area contributed by atoms with Gasteiger partial charge in [0.15, 0.2) is 8.32 Å². The fourth-order valence-electron chi connectivity index (χ4n) is 2.85. The van der Waals surface area contributed by atoms with Gasteiger partial charge in [-0.2, -0.15) is 0 Å². The molecule has 0 radical (unpaired) electrons. The van der Waals surface area contributed by atoms with Gasteiger partial charge in [-0.05, 0) is 30.5 Å². The molecule has 0 aromatic carbocycles. The lowest BCUT2D eigenvalue weighted by molar-refractivity contribution is -0.539. The van der Waals surface area contributed by atoms with E-state index in [0.717, 1.165) is 0 Å². The summed E-state index contributed by atoms with van der Waals surface area (Å²) >= 11 is 0. The Morgan fingerprint density at radius 1 is 1.38 bits per heavy atom. The summed E-state index contributed by atoms with van der Waals surface area (Å²) in [5.74, 6) is -0.0665. The molecule has 6 nitrogen and oxygen atoms in total. The number of hydrogen-bond acceptors (Lipinski definition) is 5. The molecule has 1 N–H and O–H groups in total. The third-order valence-corrected chi connectivity index (χ3v) is 9.99. The normalized spacial score (nSPS) is 25.0. The SMILES string of the molecule is CC(C)C[C@H]([C@H](O)[C@@H]1CCO[C@H]1CO[Si](C)(C)C(C)(C)C)[N+](=O)[O-]. The molecular weight excluding hydrogens is 326 g/mol. The van der Waals surface area contributed by atoms with Gasteiger partial charge in [-0.3, -0.25) is 10.1 Å². The van der Waals surface area contributed by atoms with Crippen LogP contribution in [-0.4, -0.2) is 49.8 Å². The van der Waals surface area contributed by atoms with Crippen LogP contribution in [0.2, 0.25) is 18.1 Å². The maximum Gasteiger partial charge on any atom is 0.239 e. The Bertz CT molecular complexity index is 422. The lowest BCUT2D eigenvalue weighted by Gasteiger charge is -2.37. The fraction of sp³-hybridized carbons (Fsp3) is 1.00. The van der Waals surface area contributed by atoms with Crippen LogP contribution in [0.25, 0.3) is 0 Å². The average Bonchev–Trinajstić information content (AvgIpc) is 2.88. The molecule has 1 rings (SSSR count). The Labute approximate surface area is 147 Å². The Kier molecular flexibility index (Phi) is 7.40. The van der Waals surface area contributed by atoms with Gasteiger partial charge in [0.1, 0.15) is 6.10 Å². The Morgan fingerprint density at radius 3 is 2.42 bits per heavy atom. The predicted octanol–water partition coefficient (Wildman–Crippen LogP) is 3.47. The van der Waals surface area contributed by atoms with Crippen LogP contribution >= 0.6 is 0 Å². The first-order valence-corrected chi connectivity index (χ1v) is 11.8. The third-order valence-electron chi connectivity index (χ3n) is 5.49. The standard InChI is InChI=1S/C17H35NO5Si/c1-12(2)10-14(18(20)21)16(19)13-8-9-22-15(13)11-23-24(6,7)17(3,4)5/h12-16,19H,8-11H2,1-7H3/t13-,14-,15+,16-/m1/s1. The van der Waals surface area contributed by atoms with Crippen molar-refractivity contribution in [2.24, 2.45) is 11.8 Å². The highest BCUT2D eigenvalue weighted by Gasteiger charge is 2.44. The monoisotopic (exact) mass is 361 g/mol. The number of aliphatic hydroxyl groups is 1. The Hall–Kier alpha value is -0.503.